The lowest BCUT2D eigenvalue weighted by atomic mass is 9.84. The van der Waals surface area contributed by atoms with Gasteiger partial charge in [0.2, 0.25) is 0 Å². The van der Waals surface area contributed by atoms with E-state index in [0.717, 1.165) is 16.9 Å². The predicted octanol–water partition coefficient (Wildman–Crippen LogP) is 1.58. The zero-order valence-corrected chi connectivity index (χ0v) is 12.2. The van der Waals surface area contributed by atoms with Crippen LogP contribution >= 0.6 is 0 Å². The number of carbonyl (C=O) groups excluding carboxylic acids is 1. The van der Waals surface area contributed by atoms with Crippen LogP contribution in [-0.2, 0) is 16.8 Å². The van der Waals surface area contributed by atoms with E-state index in [2.05, 4.69) is 10.3 Å². The summed E-state index contributed by atoms with van der Waals surface area (Å²) < 4.78 is 5.16. The Labute approximate surface area is 128 Å². The van der Waals surface area contributed by atoms with Gasteiger partial charge in [0, 0.05) is 6.42 Å². The molecule has 22 heavy (non-hydrogen) atoms. The Morgan fingerprint density at radius 1 is 1.14 bits per heavy atom. The highest BCUT2D eigenvalue weighted by molar-refractivity contribution is 6.07. The summed E-state index contributed by atoms with van der Waals surface area (Å²) in [6, 6.07) is 17.1. The molecule has 0 saturated heterocycles. The van der Waals surface area contributed by atoms with Crippen LogP contribution in [0.3, 0.4) is 0 Å². The number of ether oxygens (including phenoxy) is 1. The van der Waals surface area contributed by atoms with Crippen molar-refractivity contribution in [2.24, 2.45) is 10.7 Å². The molecular formula is C17H17N3O2. The van der Waals surface area contributed by atoms with E-state index in [0.29, 0.717) is 6.42 Å². The first-order chi connectivity index (χ1) is 10.6. The molecule has 3 rings (SSSR count). The minimum absolute atomic E-state index is 0.155. The highest BCUT2D eigenvalue weighted by Gasteiger charge is 2.44. The Morgan fingerprint density at radius 3 is 2.36 bits per heavy atom. The van der Waals surface area contributed by atoms with Crippen molar-refractivity contribution in [1.29, 1.82) is 0 Å². The average Bonchev–Trinajstić information content (AvgIpc) is 2.84. The maximum Gasteiger partial charge on any atom is 0.259 e. The van der Waals surface area contributed by atoms with E-state index in [-0.39, 0.29) is 11.9 Å². The Bertz CT molecular complexity index is 710. The molecule has 1 aliphatic rings. The number of hydrogen-bond acceptors (Lipinski definition) is 4. The Hall–Kier alpha value is -2.82. The molecule has 1 heterocycles. The summed E-state index contributed by atoms with van der Waals surface area (Å²) in [6.45, 7) is 0. The number of benzene rings is 2. The molecule has 0 spiro atoms. The highest BCUT2D eigenvalue weighted by atomic mass is 16.5. The molecule has 0 saturated carbocycles. The SMILES string of the molecule is COc1ccc(CC2(c3ccccc3)N=C(N)NC2=O)cc1. The molecule has 2 aromatic rings. The van der Waals surface area contributed by atoms with Gasteiger partial charge in [-0.25, -0.2) is 4.99 Å². The van der Waals surface area contributed by atoms with Crippen molar-refractivity contribution < 1.29 is 9.53 Å². The van der Waals surface area contributed by atoms with E-state index < -0.39 is 5.54 Å². The third-order valence-corrected chi connectivity index (χ3v) is 3.80. The minimum atomic E-state index is -1.01. The van der Waals surface area contributed by atoms with Gasteiger partial charge in [-0.05, 0) is 23.3 Å². The van der Waals surface area contributed by atoms with Crippen LogP contribution in [0.15, 0.2) is 59.6 Å². The molecule has 1 aliphatic heterocycles. The third-order valence-electron chi connectivity index (χ3n) is 3.80. The maximum absolute atomic E-state index is 12.5. The standard InChI is InChI=1S/C17H17N3O2/c1-22-14-9-7-12(8-10-14)11-17(13-5-3-2-4-6-13)15(21)19-16(18)20-17/h2-10H,11H2,1H3,(H3,18,19,20,21). The van der Waals surface area contributed by atoms with Gasteiger partial charge in [0.15, 0.2) is 11.5 Å². The number of guanidine groups is 1. The molecule has 0 bridgehead atoms. The van der Waals surface area contributed by atoms with Crippen LogP contribution in [-0.4, -0.2) is 19.0 Å². The second-order valence-electron chi connectivity index (χ2n) is 5.20. The second-order valence-corrected chi connectivity index (χ2v) is 5.20. The van der Waals surface area contributed by atoms with Crippen LogP contribution in [0.5, 0.6) is 5.75 Å². The summed E-state index contributed by atoms with van der Waals surface area (Å²) in [5, 5.41) is 2.61. The average molecular weight is 295 g/mol. The van der Waals surface area contributed by atoms with Gasteiger partial charge in [-0.3, -0.25) is 10.1 Å². The molecule has 3 N–H and O–H groups in total. The Kier molecular flexibility index (Phi) is 3.55. The number of methoxy groups -OCH3 is 1. The first-order valence-electron chi connectivity index (χ1n) is 6.99. The number of hydrogen-bond donors (Lipinski definition) is 2. The number of carbonyl (C=O) groups is 1. The van der Waals surface area contributed by atoms with E-state index in [9.17, 15) is 4.79 Å². The normalized spacial score (nSPS) is 20.4. The number of nitrogens with zero attached hydrogens (tertiary/aromatic N) is 1. The molecule has 0 aromatic heterocycles. The second kappa shape index (κ2) is 5.52. The van der Waals surface area contributed by atoms with E-state index in [1.807, 2.05) is 54.6 Å². The summed E-state index contributed by atoms with van der Waals surface area (Å²) in [5.74, 6) is 0.728. The zero-order chi connectivity index (χ0) is 15.6. The molecule has 1 unspecified atom stereocenters. The first-order valence-corrected chi connectivity index (χ1v) is 6.99. The molecule has 0 radical (unpaired) electrons. The van der Waals surface area contributed by atoms with Crippen molar-refractivity contribution in [3.05, 3.63) is 65.7 Å². The zero-order valence-electron chi connectivity index (χ0n) is 12.2. The fourth-order valence-electron chi connectivity index (χ4n) is 2.67. The fourth-order valence-corrected chi connectivity index (χ4v) is 2.67. The third kappa shape index (κ3) is 2.41. The summed E-state index contributed by atoms with van der Waals surface area (Å²) in [6.07, 6.45) is 0.438. The number of amides is 1. The van der Waals surface area contributed by atoms with Crippen molar-refractivity contribution in [2.75, 3.05) is 7.11 Å². The summed E-state index contributed by atoms with van der Waals surface area (Å²) in [5.41, 5.74) is 6.53. The topological polar surface area (TPSA) is 76.7 Å². The van der Waals surface area contributed by atoms with Gasteiger partial charge in [-0.2, -0.15) is 0 Å². The predicted molar refractivity (Wildman–Crippen MR) is 84.6 cm³/mol. The summed E-state index contributed by atoms with van der Waals surface area (Å²) >= 11 is 0. The van der Waals surface area contributed by atoms with Crippen molar-refractivity contribution in [1.82, 2.24) is 5.32 Å². The molecule has 1 amide bonds. The smallest absolute Gasteiger partial charge is 0.259 e. The number of rotatable bonds is 4. The fraction of sp³-hybridized carbons (Fsp3) is 0.176. The van der Waals surface area contributed by atoms with Crippen molar-refractivity contribution in [3.63, 3.8) is 0 Å². The Balaban J connectivity index is 2.01. The molecule has 5 heteroatoms. The molecule has 0 fully saturated rings. The van der Waals surface area contributed by atoms with Crippen molar-refractivity contribution in [3.8, 4) is 5.75 Å². The largest absolute Gasteiger partial charge is 0.497 e. The number of aliphatic imine (C=N–C) groups is 1. The molecule has 2 aromatic carbocycles. The molecule has 112 valence electrons. The van der Waals surface area contributed by atoms with Gasteiger partial charge in [0.1, 0.15) is 5.75 Å². The van der Waals surface area contributed by atoms with Gasteiger partial charge in [0.25, 0.3) is 5.91 Å². The lowest BCUT2D eigenvalue weighted by molar-refractivity contribution is -0.124. The Morgan fingerprint density at radius 2 is 1.82 bits per heavy atom. The van der Waals surface area contributed by atoms with Crippen LogP contribution in [0.4, 0.5) is 0 Å². The minimum Gasteiger partial charge on any atom is -0.497 e. The highest BCUT2D eigenvalue weighted by Crippen LogP contribution is 2.33. The number of nitrogens with two attached hydrogens (primary N) is 1. The first kappa shape index (κ1) is 14.1. The van der Waals surface area contributed by atoms with E-state index in [4.69, 9.17) is 10.5 Å². The van der Waals surface area contributed by atoms with Gasteiger partial charge in [-0.15, -0.1) is 0 Å². The van der Waals surface area contributed by atoms with Crippen LogP contribution in [0.2, 0.25) is 0 Å². The van der Waals surface area contributed by atoms with Crippen LogP contribution in [0.25, 0.3) is 0 Å². The molecular weight excluding hydrogens is 278 g/mol. The quantitative estimate of drug-likeness (QED) is 0.899. The van der Waals surface area contributed by atoms with Crippen molar-refractivity contribution in [2.45, 2.75) is 12.0 Å². The molecule has 5 nitrogen and oxygen atoms in total. The lowest BCUT2D eigenvalue weighted by Gasteiger charge is -2.24. The van der Waals surface area contributed by atoms with E-state index in [1.165, 1.54) is 0 Å². The number of nitrogens with one attached hydrogen (secondary N) is 1. The van der Waals surface area contributed by atoms with E-state index >= 15 is 0 Å². The van der Waals surface area contributed by atoms with Gasteiger partial charge >= 0.3 is 0 Å². The van der Waals surface area contributed by atoms with Gasteiger partial charge in [-0.1, -0.05) is 42.5 Å². The van der Waals surface area contributed by atoms with Crippen LogP contribution in [0, 0.1) is 0 Å². The van der Waals surface area contributed by atoms with Crippen LogP contribution in [0.1, 0.15) is 11.1 Å². The van der Waals surface area contributed by atoms with E-state index in [1.54, 1.807) is 7.11 Å². The van der Waals surface area contributed by atoms with Crippen molar-refractivity contribution >= 4 is 11.9 Å². The maximum atomic E-state index is 12.5. The molecule has 1 atom stereocenters. The lowest BCUT2D eigenvalue weighted by Crippen LogP contribution is -2.40. The summed E-state index contributed by atoms with van der Waals surface area (Å²) in [4.78, 5) is 16.9. The van der Waals surface area contributed by atoms with Gasteiger partial charge < -0.3 is 10.5 Å². The summed E-state index contributed by atoms with van der Waals surface area (Å²) in [7, 11) is 1.62. The molecule has 0 aliphatic carbocycles. The monoisotopic (exact) mass is 295 g/mol. The van der Waals surface area contributed by atoms with Crippen LogP contribution < -0.4 is 15.8 Å². The van der Waals surface area contributed by atoms with Gasteiger partial charge in [0.05, 0.1) is 7.11 Å².